The molecule has 4 rings (SSSR count). The number of anilines is 1. The van der Waals surface area contributed by atoms with Crippen LogP contribution in [0, 0.1) is 11.8 Å². The number of benzene rings is 1. The van der Waals surface area contributed by atoms with Gasteiger partial charge in [-0.15, -0.1) is 0 Å². The predicted octanol–water partition coefficient (Wildman–Crippen LogP) is 2.44. The smallest absolute Gasteiger partial charge is 0.227 e. The van der Waals surface area contributed by atoms with Crippen molar-refractivity contribution < 1.29 is 19.1 Å². The van der Waals surface area contributed by atoms with Gasteiger partial charge in [-0.2, -0.15) is 0 Å². The van der Waals surface area contributed by atoms with Gasteiger partial charge in [0.25, 0.3) is 0 Å². The molecule has 3 atom stereocenters. The van der Waals surface area contributed by atoms with Crippen LogP contribution in [0.5, 0.6) is 11.5 Å². The molecule has 3 heterocycles. The highest BCUT2D eigenvalue weighted by molar-refractivity contribution is 6.01. The molecule has 7 nitrogen and oxygen atoms in total. The number of piperidine rings is 2. The summed E-state index contributed by atoms with van der Waals surface area (Å²) in [4.78, 5) is 29.8. The first kappa shape index (κ1) is 21.0. The number of fused-ring (bicyclic) bond motifs is 1. The first-order chi connectivity index (χ1) is 14.6. The van der Waals surface area contributed by atoms with E-state index in [1.54, 1.807) is 31.3 Å². The Kier molecular flexibility index (Phi) is 6.46. The molecule has 0 aliphatic carbocycles. The highest BCUT2D eigenvalue weighted by Crippen LogP contribution is 2.36. The van der Waals surface area contributed by atoms with Crippen molar-refractivity contribution in [3.8, 4) is 11.5 Å². The number of rotatable bonds is 6. The lowest BCUT2D eigenvalue weighted by Gasteiger charge is -2.44. The molecule has 0 saturated carbocycles. The van der Waals surface area contributed by atoms with Crippen LogP contribution >= 0.6 is 0 Å². The fourth-order valence-electron chi connectivity index (χ4n) is 5.32. The maximum Gasteiger partial charge on any atom is 0.227 e. The van der Waals surface area contributed by atoms with Crippen LogP contribution in [-0.2, 0) is 9.59 Å². The molecule has 3 aliphatic rings. The van der Waals surface area contributed by atoms with Gasteiger partial charge in [-0.3, -0.25) is 9.59 Å². The third kappa shape index (κ3) is 4.26. The summed E-state index contributed by atoms with van der Waals surface area (Å²) in [6, 6.07) is 5.99. The number of nitrogens with one attached hydrogen (secondary N) is 1. The minimum absolute atomic E-state index is 0.00809. The van der Waals surface area contributed by atoms with Crippen molar-refractivity contribution in [2.75, 3.05) is 45.3 Å². The molecular weight excluding hydrogens is 382 g/mol. The van der Waals surface area contributed by atoms with E-state index in [0.29, 0.717) is 35.7 Å². The van der Waals surface area contributed by atoms with E-state index in [9.17, 15) is 9.59 Å². The molecule has 1 N–H and O–H groups in total. The lowest BCUT2D eigenvalue weighted by Crippen LogP contribution is -2.51. The molecule has 1 unspecified atom stereocenters. The molecular formula is C23H33N3O4. The number of nitrogens with zero attached hydrogens (tertiary/aromatic N) is 2. The molecule has 0 bridgehead atoms. The minimum Gasteiger partial charge on any atom is -0.497 e. The highest BCUT2D eigenvalue weighted by atomic mass is 16.5. The van der Waals surface area contributed by atoms with E-state index in [-0.39, 0.29) is 24.2 Å². The Morgan fingerprint density at radius 1 is 1.13 bits per heavy atom. The Balaban J connectivity index is 1.36. The van der Waals surface area contributed by atoms with Gasteiger partial charge in [0.05, 0.1) is 25.8 Å². The Labute approximate surface area is 178 Å². The number of carbonyl (C=O) groups is 2. The second-order valence-electron chi connectivity index (χ2n) is 8.69. The summed E-state index contributed by atoms with van der Waals surface area (Å²) < 4.78 is 10.7. The summed E-state index contributed by atoms with van der Waals surface area (Å²) in [5.74, 6) is 1.39. The van der Waals surface area contributed by atoms with Crippen LogP contribution in [0.2, 0.25) is 0 Å². The number of ether oxygens (including phenoxy) is 2. The van der Waals surface area contributed by atoms with E-state index in [2.05, 4.69) is 10.2 Å². The van der Waals surface area contributed by atoms with Gasteiger partial charge in [0.1, 0.15) is 11.5 Å². The van der Waals surface area contributed by atoms with Crippen molar-refractivity contribution in [3.63, 3.8) is 0 Å². The summed E-state index contributed by atoms with van der Waals surface area (Å²) in [7, 11) is 3.16. The number of hydrogen-bond acceptors (Lipinski definition) is 5. The van der Waals surface area contributed by atoms with Crippen LogP contribution in [0.15, 0.2) is 18.2 Å². The average molecular weight is 416 g/mol. The van der Waals surface area contributed by atoms with Crippen LogP contribution in [0.1, 0.15) is 38.5 Å². The predicted molar refractivity (Wildman–Crippen MR) is 115 cm³/mol. The summed E-state index contributed by atoms with van der Waals surface area (Å²) in [5, 5.41) is 3.17. The molecule has 3 aliphatic heterocycles. The lowest BCUT2D eigenvalue weighted by atomic mass is 9.83. The Morgan fingerprint density at radius 2 is 1.97 bits per heavy atom. The second-order valence-corrected chi connectivity index (χ2v) is 8.69. The van der Waals surface area contributed by atoms with Gasteiger partial charge in [0.15, 0.2) is 0 Å². The molecule has 1 aromatic rings. The molecule has 1 aromatic carbocycles. The second kappa shape index (κ2) is 9.25. The number of methoxy groups -OCH3 is 2. The SMILES string of the molecule is COc1ccc(N2CC(C(=O)NC[C@@H]3CCCN4CCCC[C@H]34)CC2=O)c(OC)c1. The summed E-state index contributed by atoms with van der Waals surface area (Å²) in [5.41, 5.74) is 0.684. The molecule has 7 heteroatoms. The fraction of sp³-hybridized carbons (Fsp3) is 0.652. The summed E-state index contributed by atoms with van der Waals surface area (Å²) in [6.07, 6.45) is 6.46. The number of carbonyl (C=O) groups excluding carboxylic acids is 2. The van der Waals surface area contributed by atoms with E-state index in [4.69, 9.17) is 9.47 Å². The first-order valence-corrected chi connectivity index (χ1v) is 11.1. The zero-order chi connectivity index (χ0) is 21.1. The highest BCUT2D eigenvalue weighted by Gasteiger charge is 2.38. The van der Waals surface area contributed by atoms with Crippen molar-refractivity contribution in [1.29, 1.82) is 0 Å². The van der Waals surface area contributed by atoms with Crippen molar-refractivity contribution in [2.24, 2.45) is 11.8 Å². The van der Waals surface area contributed by atoms with Crippen molar-refractivity contribution in [2.45, 2.75) is 44.6 Å². The Hall–Kier alpha value is -2.28. The molecule has 164 valence electrons. The van der Waals surface area contributed by atoms with Crippen LogP contribution < -0.4 is 19.7 Å². The van der Waals surface area contributed by atoms with Crippen LogP contribution in [0.25, 0.3) is 0 Å². The maximum atomic E-state index is 12.9. The van der Waals surface area contributed by atoms with Gasteiger partial charge in [0.2, 0.25) is 11.8 Å². The van der Waals surface area contributed by atoms with E-state index >= 15 is 0 Å². The average Bonchev–Trinajstić information content (AvgIpc) is 3.18. The van der Waals surface area contributed by atoms with Crippen LogP contribution in [0.3, 0.4) is 0 Å². The van der Waals surface area contributed by atoms with Gasteiger partial charge in [-0.05, 0) is 56.8 Å². The first-order valence-electron chi connectivity index (χ1n) is 11.1. The molecule has 0 aromatic heterocycles. The normalized spacial score (nSPS) is 26.9. The van der Waals surface area contributed by atoms with E-state index < -0.39 is 0 Å². The van der Waals surface area contributed by atoms with Gasteiger partial charge >= 0.3 is 0 Å². The van der Waals surface area contributed by atoms with Crippen LogP contribution in [-0.4, -0.2) is 63.2 Å². The quantitative estimate of drug-likeness (QED) is 0.773. The van der Waals surface area contributed by atoms with E-state index in [1.807, 2.05) is 6.07 Å². The largest absolute Gasteiger partial charge is 0.497 e. The monoisotopic (exact) mass is 415 g/mol. The summed E-state index contributed by atoms with van der Waals surface area (Å²) >= 11 is 0. The Morgan fingerprint density at radius 3 is 2.77 bits per heavy atom. The molecule has 30 heavy (non-hydrogen) atoms. The van der Waals surface area contributed by atoms with Crippen molar-refractivity contribution in [3.05, 3.63) is 18.2 Å². The molecule has 3 saturated heterocycles. The third-order valence-electron chi connectivity index (χ3n) is 6.94. The van der Waals surface area contributed by atoms with Gasteiger partial charge in [0, 0.05) is 31.6 Å². The van der Waals surface area contributed by atoms with Crippen LogP contribution in [0.4, 0.5) is 5.69 Å². The standard InChI is InChI=1S/C23H33N3O4/c1-29-18-8-9-20(21(13-18)30-2)26-15-17(12-22(26)27)23(28)24-14-16-6-5-11-25-10-4-3-7-19(16)25/h8-9,13,16-17,19H,3-7,10-12,14-15H2,1-2H3,(H,24,28)/t16-,17?,19+/m0/s1. The van der Waals surface area contributed by atoms with E-state index in [0.717, 1.165) is 6.54 Å². The van der Waals surface area contributed by atoms with Crippen molar-refractivity contribution >= 4 is 17.5 Å². The number of hydrogen-bond donors (Lipinski definition) is 1. The van der Waals surface area contributed by atoms with Gasteiger partial charge in [-0.25, -0.2) is 0 Å². The topological polar surface area (TPSA) is 71.1 Å². The van der Waals surface area contributed by atoms with Crippen molar-refractivity contribution in [1.82, 2.24) is 10.2 Å². The maximum absolute atomic E-state index is 12.9. The van der Waals surface area contributed by atoms with Gasteiger partial charge in [-0.1, -0.05) is 6.42 Å². The fourth-order valence-corrected chi connectivity index (χ4v) is 5.32. The zero-order valence-corrected chi connectivity index (χ0v) is 18.1. The van der Waals surface area contributed by atoms with Gasteiger partial charge < -0.3 is 24.6 Å². The summed E-state index contributed by atoms with van der Waals surface area (Å²) in [6.45, 7) is 3.50. The zero-order valence-electron chi connectivity index (χ0n) is 18.1. The lowest BCUT2D eigenvalue weighted by molar-refractivity contribution is -0.126. The van der Waals surface area contributed by atoms with E-state index in [1.165, 1.54) is 45.2 Å². The molecule has 0 spiro atoms. The minimum atomic E-state index is -0.324. The molecule has 3 fully saturated rings. The third-order valence-corrected chi connectivity index (χ3v) is 6.94. The molecule has 0 radical (unpaired) electrons. The number of amides is 2. The Bertz CT molecular complexity index is 782. The molecule has 2 amide bonds.